The van der Waals surface area contributed by atoms with Crippen LogP contribution in [-0.4, -0.2) is 59.0 Å². The molecule has 4 N–H and O–H groups in total. The number of hydrogen-bond acceptors (Lipinski definition) is 6. The number of nitrogens with two attached hydrogens (primary N) is 2. The third kappa shape index (κ3) is 2.98. The van der Waals surface area contributed by atoms with Crippen molar-refractivity contribution < 1.29 is 4.79 Å². The van der Waals surface area contributed by atoms with Gasteiger partial charge in [-0.2, -0.15) is 0 Å². The molecule has 2 aliphatic heterocycles. The highest BCUT2D eigenvalue weighted by Gasteiger charge is 2.32. The highest BCUT2D eigenvalue weighted by molar-refractivity contribution is 5.95. The molecule has 1 amide bonds. The monoisotopic (exact) mass is 290 g/mol. The second-order valence-corrected chi connectivity index (χ2v) is 5.85. The van der Waals surface area contributed by atoms with Crippen molar-refractivity contribution in [2.24, 2.45) is 11.5 Å². The van der Waals surface area contributed by atoms with Crippen LogP contribution >= 0.6 is 0 Å². The van der Waals surface area contributed by atoms with E-state index < -0.39 is 5.91 Å². The molecule has 0 spiro atoms. The Balaban J connectivity index is 1.68. The molecular weight excluding hydrogens is 268 g/mol. The molecule has 0 aromatic carbocycles. The van der Waals surface area contributed by atoms with Crippen molar-refractivity contribution in [3.8, 4) is 0 Å². The van der Waals surface area contributed by atoms with E-state index in [4.69, 9.17) is 11.5 Å². The van der Waals surface area contributed by atoms with Crippen molar-refractivity contribution >= 4 is 11.7 Å². The quantitative estimate of drug-likeness (QED) is 0.784. The molecule has 2 fully saturated rings. The highest BCUT2D eigenvalue weighted by Crippen LogP contribution is 2.25. The predicted molar refractivity (Wildman–Crippen MR) is 80.0 cm³/mol. The van der Waals surface area contributed by atoms with Crippen molar-refractivity contribution in [1.82, 2.24) is 14.9 Å². The van der Waals surface area contributed by atoms with Crippen LogP contribution in [0.1, 0.15) is 29.8 Å². The van der Waals surface area contributed by atoms with E-state index in [2.05, 4.69) is 19.8 Å². The molecule has 1 atom stereocenters. The fraction of sp³-hybridized carbons (Fsp3) is 0.643. The van der Waals surface area contributed by atoms with Crippen LogP contribution in [0.4, 0.5) is 5.82 Å². The number of carbonyl (C=O) groups is 1. The lowest BCUT2D eigenvalue weighted by atomic mass is 10.0. The van der Waals surface area contributed by atoms with Gasteiger partial charge >= 0.3 is 0 Å². The van der Waals surface area contributed by atoms with E-state index in [9.17, 15) is 4.79 Å². The molecule has 1 unspecified atom stereocenters. The Hall–Kier alpha value is -1.73. The molecule has 21 heavy (non-hydrogen) atoms. The largest absolute Gasteiger partial charge is 0.364 e. The molecule has 3 heterocycles. The van der Waals surface area contributed by atoms with Gasteiger partial charge < -0.3 is 16.4 Å². The van der Waals surface area contributed by atoms with Crippen molar-refractivity contribution in [2.45, 2.75) is 31.3 Å². The maximum absolute atomic E-state index is 11.5. The number of amides is 1. The van der Waals surface area contributed by atoms with Crippen molar-refractivity contribution in [3.05, 3.63) is 18.1 Å². The van der Waals surface area contributed by atoms with Gasteiger partial charge in [-0.15, -0.1) is 0 Å². The van der Waals surface area contributed by atoms with Crippen LogP contribution in [0.3, 0.4) is 0 Å². The minimum absolute atomic E-state index is 0.263. The molecule has 2 saturated heterocycles. The van der Waals surface area contributed by atoms with Gasteiger partial charge in [-0.1, -0.05) is 0 Å². The first-order chi connectivity index (χ1) is 10.1. The summed E-state index contributed by atoms with van der Waals surface area (Å²) in [4.78, 5) is 24.4. The summed E-state index contributed by atoms with van der Waals surface area (Å²) >= 11 is 0. The van der Waals surface area contributed by atoms with E-state index in [0.717, 1.165) is 45.4 Å². The molecule has 114 valence electrons. The average molecular weight is 290 g/mol. The van der Waals surface area contributed by atoms with Crippen LogP contribution < -0.4 is 16.4 Å². The summed E-state index contributed by atoms with van der Waals surface area (Å²) < 4.78 is 0. The van der Waals surface area contributed by atoms with E-state index in [-0.39, 0.29) is 5.69 Å². The lowest BCUT2D eigenvalue weighted by Gasteiger charge is -2.34. The number of primary amides is 1. The Kier molecular flexibility index (Phi) is 4.03. The van der Waals surface area contributed by atoms with Crippen LogP contribution in [0.2, 0.25) is 0 Å². The Morgan fingerprint density at radius 3 is 2.57 bits per heavy atom. The van der Waals surface area contributed by atoms with Crippen LogP contribution in [-0.2, 0) is 0 Å². The Morgan fingerprint density at radius 2 is 1.86 bits per heavy atom. The minimum atomic E-state index is -0.523. The van der Waals surface area contributed by atoms with E-state index in [1.54, 1.807) is 6.20 Å². The summed E-state index contributed by atoms with van der Waals surface area (Å²) in [7, 11) is 0. The molecular formula is C14H22N6O. The van der Waals surface area contributed by atoms with E-state index in [1.165, 1.54) is 6.20 Å². The average Bonchev–Trinajstić information content (AvgIpc) is 2.97. The first-order valence-corrected chi connectivity index (χ1v) is 7.50. The van der Waals surface area contributed by atoms with Crippen molar-refractivity contribution in [2.75, 3.05) is 31.1 Å². The standard InChI is InChI=1S/C14H22N6O/c15-10-1-6-19(7-2-10)11-3-8-20(9-11)14-12(13(16)21)17-4-5-18-14/h4-5,10-11H,1-3,6-9,15H2,(H2,16,21). The van der Waals surface area contributed by atoms with Crippen LogP contribution in [0, 0.1) is 0 Å². The number of rotatable bonds is 3. The molecule has 0 saturated carbocycles. The van der Waals surface area contributed by atoms with E-state index in [0.29, 0.717) is 17.9 Å². The molecule has 1 aromatic rings. The van der Waals surface area contributed by atoms with Crippen molar-refractivity contribution in [1.29, 1.82) is 0 Å². The maximum Gasteiger partial charge on any atom is 0.271 e. The smallest absolute Gasteiger partial charge is 0.271 e. The number of anilines is 1. The van der Waals surface area contributed by atoms with Gasteiger partial charge in [0.15, 0.2) is 11.5 Å². The molecule has 0 aliphatic carbocycles. The lowest BCUT2D eigenvalue weighted by molar-refractivity contribution is 0.0995. The zero-order valence-corrected chi connectivity index (χ0v) is 12.1. The van der Waals surface area contributed by atoms with Gasteiger partial charge in [0.05, 0.1) is 0 Å². The lowest BCUT2D eigenvalue weighted by Crippen LogP contribution is -2.46. The Bertz CT molecular complexity index is 514. The van der Waals surface area contributed by atoms with Gasteiger partial charge in [-0.25, -0.2) is 9.97 Å². The molecule has 3 rings (SSSR count). The summed E-state index contributed by atoms with van der Waals surface area (Å²) in [6.45, 7) is 3.87. The number of hydrogen-bond donors (Lipinski definition) is 2. The van der Waals surface area contributed by atoms with E-state index >= 15 is 0 Å². The highest BCUT2D eigenvalue weighted by atomic mass is 16.1. The number of nitrogens with zero attached hydrogens (tertiary/aromatic N) is 4. The topological polar surface area (TPSA) is 101 Å². The van der Waals surface area contributed by atoms with Crippen molar-refractivity contribution in [3.63, 3.8) is 0 Å². The fourth-order valence-electron chi connectivity index (χ4n) is 3.25. The second-order valence-electron chi connectivity index (χ2n) is 5.85. The number of likely N-dealkylation sites (tertiary alicyclic amines) is 1. The van der Waals surface area contributed by atoms with E-state index in [1.807, 2.05) is 0 Å². The summed E-state index contributed by atoms with van der Waals surface area (Å²) in [6.07, 6.45) is 6.31. The molecule has 7 nitrogen and oxygen atoms in total. The minimum Gasteiger partial charge on any atom is -0.364 e. The Morgan fingerprint density at radius 1 is 1.14 bits per heavy atom. The summed E-state index contributed by atoms with van der Waals surface area (Å²) in [5.41, 5.74) is 11.6. The Labute approximate surface area is 124 Å². The molecule has 7 heteroatoms. The second kappa shape index (κ2) is 5.95. The van der Waals surface area contributed by atoms with Gasteiger partial charge in [0, 0.05) is 37.6 Å². The fourth-order valence-corrected chi connectivity index (χ4v) is 3.25. The van der Waals surface area contributed by atoms with Gasteiger partial charge in [0.25, 0.3) is 5.91 Å². The summed E-state index contributed by atoms with van der Waals surface area (Å²) in [6, 6.07) is 0.848. The van der Waals surface area contributed by atoms with Crippen LogP contribution in [0.15, 0.2) is 12.4 Å². The zero-order chi connectivity index (χ0) is 14.8. The van der Waals surface area contributed by atoms with Crippen LogP contribution in [0.5, 0.6) is 0 Å². The van der Waals surface area contributed by atoms with Crippen LogP contribution in [0.25, 0.3) is 0 Å². The normalized spacial score (nSPS) is 24.4. The number of piperidine rings is 1. The molecule has 0 radical (unpaired) electrons. The number of carbonyl (C=O) groups excluding carboxylic acids is 1. The van der Waals surface area contributed by atoms with Gasteiger partial charge in [-0.05, 0) is 32.4 Å². The molecule has 2 aliphatic rings. The van der Waals surface area contributed by atoms with Gasteiger partial charge in [0.1, 0.15) is 0 Å². The maximum atomic E-state index is 11.5. The predicted octanol–water partition coefficient (Wildman–Crippen LogP) is -0.423. The zero-order valence-electron chi connectivity index (χ0n) is 12.1. The van der Waals surface area contributed by atoms with Gasteiger partial charge in [-0.3, -0.25) is 9.69 Å². The number of aromatic nitrogens is 2. The molecule has 0 bridgehead atoms. The third-order valence-electron chi connectivity index (χ3n) is 4.47. The summed E-state index contributed by atoms with van der Waals surface area (Å²) in [5.74, 6) is 0.0895. The third-order valence-corrected chi connectivity index (χ3v) is 4.47. The molecule has 1 aromatic heterocycles. The summed E-state index contributed by atoms with van der Waals surface area (Å²) in [5, 5.41) is 0. The SMILES string of the molecule is NC(=O)c1nccnc1N1CCC(N2CCC(N)CC2)C1. The first-order valence-electron chi connectivity index (χ1n) is 7.50. The first kappa shape index (κ1) is 14.2. The van der Waals surface area contributed by atoms with Gasteiger partial charge in [0.2, 0.25) is 0 Å².